The molecule has 20 heavy (non-hydrogen) atoms. The first-order valence-electron chi connectivity index (χ1n) is 6.29. The van der Waals surface area contributed by atoms with Crippen molar-refractivity contribution in [3.63, 3.8) is 0 Å². The fraction of sp³-hybridized carbons (Fsp3) is 0.214. The normalized spacial score (nSPS) is 12.7. The third kappa shape index (κ3) is 2.10. The first kappa shape index (κ1) is 12.6. The van der Waals surface area contributed by atoms with E-state index in [0.29, 0.717) is 5.65 Å². The van der Waals surface area contributed by atoms with Crippen molar-refractivity contribution in [2.75, 3.05) is 0 Å². The predicted octanol–water partition coefficient (Wildman–Crippen LogP) is 0.933. The van der Waals surface area contributed by atoms with E-state index in [4.69, 9.17) is 0 Å². The van der Waals surface area contributed by atoms with Crippen molar-refractivity contribution >= 4 is 5.65 Å². The first-order chi connectivity index (χ1) is 9.66. The number of rotatable bonds is 3. The number of nitrogens with zero attached hydrogens (tertiary/aromatic N) is 4. The van der Waals surface area contributed by atoms with Crippen LogP contribution in [0.3, 0.4) is 0 Å². The number of aryl methyl sites for hydroxylation is 1. The molecule has 3 aromatic rings. The van der Waals surface area contributed by atoms with E-state index in [0.717, 1.165) is 11.1 Å². The Labute approximate surface area is 114 Å². The largest absolute Gasteiger partial charge is 0.386 e. The molecule has 1 unspecified atom stereocenters. The van der Waals surface area contributed by atoms with Crippen molar-refractivity contribution in [1.82, 2.24) is 19.2 Å². The van der Waals surface area contributed by atoms with Gasteiger partial charge in [-0.3, -0.25) is 4.98 Å². The third-order valence-electron chi connectivity index (χ3n) is 3.28. The summed E-state index contributed by atoms with van der Waals surface area (Å²) in [6, 6.07) is 7.55. The van der Waals surface area contributed by atoms with Gasteiger partial charge in [0.05, 0.1) is 18.8 Å². The lowest BCUT2D eigenvalue weighted by Gasteiger charge is -2.12. The summed E-state index contributed by atoms with van der Waals surface area (Å²) in [6.07, 6.45) is 3.82. The average Bonchev–Trinajstić information content (AvgIpc) is 2.76. The summed E-state index contributed by atoms with van der Waals surface area (Å²) in [5, 5.41) is 14.4. The molecular formula is C14H14N4O2. The summed E-state index contributed by atoms with van der Waals surface area (Å²) in [6.45, 7) is 2.04. The SMILES string of the molecule is Cc1ccccc1C(O)Cn1nc2cnccn2c1=O. The monoisotopic (exact) mass is 270 g/mol. The van der Waals surface area contributed by atoms with Gasteiger partial charge in [0, 0.05) is 12.4 Å². The van der Waals surface area contributed by atoms with E-state index in [1.165, 1.54) is 21.5 Å². The van der Waals surface area contributed by atoms with Gasteiger partial charge in [0.2, 0.25) is 0 Å². The van der Waals surface area contributed by atoms with Gasteiger partial charge >= 0.3 is 5.69 Å². The smallest absolute Gasteiger partial charge is 0.350 e. The lowest BCUT2D eigenvalue weighted by Crippen LogP contribution is -2.24. The molecule has 0 saturated carbocycles. The molecule has 2 aromatic heterocycles. The van der Waals surface area contributed by atoms with Gasteiger partial charge in [0.25, 0.3) is 0 Å². The number of hydrogen-bond acceptors (Lipinski definition) is 4. The molecule has 0 aliphatic carbocycles. The van der Waals surface area contributed by atoms with E-state index in [1.54, 1.807) is 6.20 Å². The standard InChI is InChI=1S/C14H14N4O2/c1-10-4-2-3-5-11(10)12(19)9-18-14(20)17-7-6-15-8-13(17)16-18/h2-8,12,19H,9H2,1H3. The van der Waals surface area contributed by atoms with Crippen LogP contribution in [0, 0.1) is 6.92 Å². The summed E-state index contributed by atoms with van der Waals surface area (Å²) < 4.78 is 2.66. The maximum atomic E-state index is 12.1. The zero-order valence-corrected chi connectivity index (χ0v) is 11.0. The fourth-order valence-electron chi connectivity index (χ4n) is 2.22. The van der Waals surface area contributed by atoms with Gasteiger partial charge in [-0.15, -0.1) is 5.10 Å². The molecule has 0 amide bonds. The number of fused-ring (bicyclic) bond motifs is 1. The molecule has 1 N–H and O–H groups in total. The second-order valence-corrected chi connectivity index (χ2v) is 4.64. The fourth-order valence-corrected chi connectivity index (χ4v) is 2.22. The summed E-state index contributed by atoms with van der Waals surface area (Å²) in [7, 11) is 0. The van der Waals surface area contributed by atoms with Gasteiger partial charge in [-0.1, -0.05) is 24.3 Å². The molecule has 6 nitrogen and oxygen atoms in total. The van der Waals surface area contributed by atoms with E-state index in [9.17, 15) is 9.90 Å². The first-order valence-corrected chi connectivity index (χ1v) is 6.29. The zero-order valence-electron chi connectivity index (χ0n) is 11.0. The van der Waals surface area contributed by atoms with Crippen LogP contribution in [0.15, 0.2) is 47.7 Å². The molecule has 1 aromatic carbocycles. The van der Waals surface area contributed by atoms with Crippen LogP contribution >= 0.6 is 0 Å². The van der Waals surface area contributed by atoms with Crippen molar-refractivity contribution in [3.8, 4) is 0 Å². The van der Waals surface area contributed by atoms with Crippen LogP contribution < -0.4 is 5.69 Å². The van der Waals surface area contributed by atoms with Gasteiger partial charge in [-0.05, 0) is 18.1 Å². The highest BCUT2D eigenvalue weighted by Crippen LogP contribution is 2.18. The number of aromatic nitrogens is 4. The number of aliphatic hydroxyl groups excluding tert-OH is 1. The molecule has 1 atom stereocenters. The van der Waals surface area contributed by atoms with Crippen LogP contribution in [0.2, 0.25) is 0 Å². The van der Waals surface area contributed by atoms with Gasteiger partial charge in [-0.2, -0.15) is 0 Å². The zero-order chi connectivity index (χ0) is 14.1. The van der Waals surface area contributed by atoms with Crippen molar-refractivity contribution in [3.05, 3.63) is 64.5 Å². The molecule has 2 heterocycles. The quantitative estimate of drug-likeness (QED) is 0.768. The molecule has 0 radical (unpaired) electrons. The highest BCUT2D eigenvalue weighted by Gasteiger charge is 2.14. The topological polar surface area (TPSA) is 72.4 Å². The predicted molar refractivity (Wildman–Crippen MR) is 73.4 cm³/mol. The number of aliphatic hydroxyl groups is 1. The van der Waals surface area contributed by atoms with Crippen LogP contribution in [0.25, 0.3) is 5.65 Å². The van der Waals surface area contributed by atoms with Crippen molar-refractivity contribution in [2.45, 2.75) is 19.6 Å². The average molecular weight is 270 g/mol. The molecule has 0 bridgehead atoms. The van der Waals surface area contributed by atoms with Gasteiger partial charge in [-0.25, -0.2) is 13.9 Å². The van der Waals surface area contributed by atoms with E-state index < -0.39 is 6.10 Å². The Hall–Kier alpha value is -2.47. The van der Waals surface area contributed by atoms with Crippen LogP contribution in [0.5, 0.6) is 0 Å². The van der Waals surface area contributed by atoms with Crippen LogP contribution in [-0.4, -0.2) is 24.3 Å². The van der Waals surface area contributed by atoms with Gasteiger partial charge in [0.15, 0.2) is 5.65 Å². The minimum Gasteiger partial charge on any atom is -0.386 e. The molecule has 0 fully saturated rings. The summed E-state index contributed by atoms with van der Waals surface area (Å²) >= 11 is 0. The highest BCUT2D eigenvalue weighted by molar-refractivity contribution is 5.32. The number of benzene rings is 1. The van der Waals surface area contributed by atoms with Gasteiger partial charge < -0.3 is 5.11 Å². The number of hydrogen-bond donors (Lipinski definition) is 1. The van der Waals surface area contributed by atoms with Crippen molar-refractivity contribution in [1.29, 1.82) is 0 Å². The molecule has 6 heteroatoms. The molecule has 102 valence electrons. The summed E-state index contributed by atoms with van der Waals surface area (Å²) in [5.41, 5.74) is 1.97. The summed E-state index contributed by atoms with van der Waals surface area (Å²) in [4.78, 5) is 16.0. The van der Waals surface area contributed by atoms with Crippen molar-refractivity contribution in [2.24, 2.45) is 0 Å². The van der Waals surface area contributed by atoms with E-state index >= 15 is 0 Å². The minimum absolute atomic E-state index is 0.116. The Morgan fingerprint density at radius 2 is 2.15 bits per heavy atom. The molecule has 0 spiro atoms. The molecule has 0 aliphatic rings. The van der Waals surface area contributed by atoms with E-state index in [2.05, 4.69) is 10.1 Å². The Morgan fingerprint density at radius 3 is 2.90 bits per heavy atom. The Balaban J connectivity index is 1.96. The van der Waals surface area contributed by atoms with Crippen molar-refractivity contribution < 1.29 is 5.11 Å². The van der Waals surface area contributed by atoms with Gasteiger partial charge in [0.1, 0.15) is 0 Å². The Kier molecular flexibility index (Phi) is 3.08. The molecular weight excluding hydrogens is 256 g/mol. The molecule has 3 rings (SSSR count). The van der Waals surface area contributed by atoms with Crippen LogP contribution in [0.1, 0.15) is 17.2 Å². The maximum absolute atomic E-state index is 12.1. The van der Waals surface area contributed by atoms with Crippen LogP contribution in [-0.2, 0) is 6.54 Å². The Bertz CT molecular complexity index is 806. The lowest BCUT2D eigenvalue weighted by molar-refractivity contribution is 0.149. The second-order valence-electron chi connectivity index (χ2n) is 4.64. The van der Waals surface area contributed by atoms with E-state index in [-0.39, 0.29) is 12.2 Å². The maximum Gasteiger partial charge on any atom is 0.350 e. The highest BCUT2D eigenvalue weighted by atomic mass is 16.3. The minimum atomic E-state index is -0.772. The molecule has 0 aliphatic heterocycles. The second kappa shape index (κ2) is 4.90. The van der Waals surface area contributed by atoms with E-state index in [1.807, 2.05) is 31.2 Å². The Morgan fingerprint density at radius 1 is 1.35 bits per heavy atom. The molecule has 0 saturated heterocycles. The van der Waals surface area contributed by atoms with Crippen LogP contribution in [0.4, 0.5) is 0 Å². The summed E-state index contributed by atoms with van der Waals surface area (Å²) in [5.74, 6) is 0. The third-order valence-corrected chi connectivity index (χ3v) is 3.28. The lowest BCUT2D eigenvalue weighted by atomic mass is 10.0.